The second-order valence-corrected chi connectivity index (χ2v) is 6.00. The summed E-state index contributed by atoms with van der Waals surface area (Å²) < 4.78 is 26.5. The van der Waals surface area contributed by atoms with Crippen LogP contribution in [0.25, 0.3) is 0 Å². The Morgan fingerprint density at radius 1 is 1.47 bits per heavy atom. The summed E-state index contributed by atoms with van der Waals surface area (Å²) in [5.74, 6) is 0. The minimum atomic E-state index is -3.70. The van der Waals surface area contributed by atoms with Crippen molar-refractivity contribution in [3.8, 4) is 0 Å². The third-order valence-corrected chi connectivity index (χ3v) is 4.17. The number of nitrogen functional groups attached to an aromatic ring is 1. The Morgan fingerprint density at radius 3 is 2.58 bits per heavy atom. The summed E-state index contributed by atoms with van der Waals surface area (Å²) in [6, 6.07) is 3.16. The van der Waals surface area contributed by atoms with Crippen LogP contribution >= 0.6 is 0 Å². The molecule has 0 aliphatic carbocycles. The van der Waals surface area contributed by atoms with Crippen molar-refractivity contribution in [1.29, 1.82) is 0 Å². The van der Waals surface area contributed by atoms with E-state index in [-0.39, 0.29) is 22.3 Å². The monoisotopic (exact) mass is 287 g/mol. The van der Waals surface area contributed by atoms with Crippen LogP contribution in [-0.2, 0) is 10.0 Å². The first-order chi connectivity index (χ1) is 8.77. The van der Waals surface area contributed by atoms with Gasteiger partial charge < -0.3 is 5.73 Å². The lowest BCUT2D eigenvalue weighted by molar-refractivity contribution is -0.383. The summed E-state index contributed by atoms with van der Waals surface area (Å²) >= 11 is 0. The highest BCUT2D eigenvalue weighted by atomic mass is 32.2. The van der Waals surface area contributed by atoms with E-state index in [0.717, 1.165) is 18.6 Å². The number of anilines is 1. The van der Waals surface area contributed by atoms with Gasteiger partial charge in [-0.25, -0.2) is 13.1 Å². The molecule has 0 saturated carbocycles. The molecule has 0 aliphatic rings. The van der Waals surface area contributed by atoms with Crippen LogP contribution in [0.5, 0.6) is 0 Å². The van der Waals surface area contributed by atoms with Crippen molar-refractivity contribution in [3.05, 3.63) is 28.3 Å². The number of nitro groups is 1. The number of hydrogen-bond donors (Lipinski definition) is 2. The zero-order valence-electron chi connectivity index (χ0n) is 10.8. The third kappa shape index (κ3) is 3.90. The molecule has 1 rings (SSSR count). The number of sulfonamides is 1. The molecule has 0 aliphatic heterocycles. The maximum absolute atomic E-state index is 12.0. The minimum absolute atomic E-state index is 0.0708. The van der Waals surface area contributed by atoms with E-state index in [1.807, 2.05) is 6.92 Å². The van der Waals surface area contributed by atoms with Crippen LogP contribution in [0.1, 0.15) is 26.7 Å². The lowest BCUT2D eigenvalue weighted by Crippen LogP contribution is -2.32. The van der Waals surface area contributed by atoms with E-state index in [9.17, 15) is 18.5 Å². The van der Waals surface area contributed by atoms with Gasteiger partial charge in [-0.3, -0.25) is 10.1 Å². The summed E-state index contributed by atoms with van der Waals surface area (Å²) in [4.78, 5) is 9.88. The quantitative estimate of drug-likeness (QED) is 0.469. The maximum Gasteiger partial charge on any atom is 0.292 e. The van der Waals surface area contributed by atoms with Crippen molar-refractivity contribution in [2.45, 2.75) is 37.6 Å². The van der Waals surface area contributed by atoms with Crippen molar-refractivity contribution >= 4 is 21.4 Å². The average Bonchev–Trinajstić information content (AvgIpc) is 2.27. The van der Waals surface area contributed by atoms with Crippen LogP contribution in [0.3, 0.4) is 0 Å². The van der Waals surface area contributed by atoms with Gasteiger partial charge in [0.05, 0.1) is 9.82 Å². The number of nitrogens with two attached hydrogens (primary N) is 1. The van der Waals surface area contributed by atoms with Crippen molar-refractivity contribution in [2.24, 2.45) is 0 Å². The van der Waals surface area contributed by atoms with Crippen molar-refractivity contribution in [3.63, 3.8) is 0 Å². The Hall–Kier alpha value is -1.67. The Kier molecular flexibility index (Phi) is 4.84. The SMILES string of the molecule is CCCC(C)NS(=O)(=O)c1ccc([N+](=O)[O-])c(N)c1. The molecule has 106 valence electrons. The third-order valence-electron chi connectivity index (χ3n) is 2.58. The van der Waals surface area contributed by atoms with Crippen LogP contribution in [-0.4, -0.2) is 19.4 Å². The number of benzene rings is 1. The van der Waals surface area contributed by atoms with E-state index in [1.54, 1.807) is 6.92 Å². The topological polar surface area (TPSA) is 115 Å². The molecule has 0 radical (unpaired) electrons. The van der Waals surface area contributed by atoms with Gasteiger partial charge in [0.15, 0.2) is 0 Å². The number of rotatable bonds is 6. The summed E-state index contributed by atoms with van der Waals surface area (Å²) in [5, 5.41) is 10.6. The van der Waals surface area contributed by atoms with Gasteiger partial charge in [0, 0.05) is 12.1 Å². The molecule has 8 heteroatoms. The molecule has 1 unspecified atom stereocenters. The normalized spacial score (nSPS) is 13.2. The Labute approximate surface area is 112 Å². The minimum Gasteiger partial charge on any atom is -0.393 e. The van der Waals surface area contributed by atoms with Gasteiger partial charge >= 0.3 is 0 Å². The molecule has 0 spiro atoms. The van der Waals surface area contributed by atoms with Gasteiger partial charge in [-0.2, -0.15) is 0 Å². The smallest absolute Gasteiger partial charge is 0.292 e. The average molecular weight is 287 g/mol. The van der Waals surface area contributed by atoms with Gasteiger partial charge in [0.1, 0.15) is 5.69 Å². The maximum atomic E-state index is 12.0. The fraction of sp³-hybridized carbons (Fsp3) is 0.455. The number of hydrogen-bond acceptors (Lipinski definition) is 5. The predicted molar refractivity (Wildman–Crippen MR) is 72.2 cm³/mol. The molecular weight excluding hydrogens is 270 g/mol. The molecule has 0 fully saturated rings. The molecule has 0 aromatic heterocycles. The highest BCUT2D eigenvalue weighted by molar-refractivity contribution is 7.89. The van der Waals surface area contributed by atoms with Gasteiger partial charge in [0.25, 0.3) is 5.69 Å². The van der Waals surface area contributed by atoms with E-state index in [2.05, 4.69) is 4.72 Å². The first kappa shape index (κ1) is 15.4. The Bertz CT molecular complexity index is 571. The zero-order valence-corrected chi connectivity index (χ0v) is 11.6. The van der Waals surface area contributed by atoms with Crippen LogP contribution in [0.4, 0.5) is 11.4 Å². The molecule has 1 aromatic carbocycles. The predicted octanol–water partition coefficient (Wildman–Crippen LogP) is 1.64. The van der Waals surface area contributed by atoms with Crippen molar-refractivity contribution in [2.75, 3.05) is 5.73 Å². The molecule has 0 saturated heterocycles. The first-order valence-corrected chi connectivity index (χ1v) is 7.32. The second-order valence-electron chi connectivity index (χ2n) is 4.29. The molecule has 0 bridgehead atoms. The number of nitrogens with zero attached hydrogens (tertiary/aromatic N) is 1. The molecule has 19 heavy (non-hydrogen) atoms. The fourth-order valence-electron chi connectivity index (χ4n) is 1.69. The molecule has 1 aromatic rings. The standard InChI is InChI=1S/C11H17N3O4S/c1-3-4-8(2)13-19(17,18)9-5-6-11(14(15)16)10(12)7-9/h5-8,13H,3-4,12H2,1-2H3. The van der Waals surface area contributed by atoms with E-state index in [0.29, 0.717) is 6.42 Å². The number of nitro benzene ring substituents is 1. The fourth-order valence-corrected chi connectivity index (χ4v) is 3.00. The van der Waals surface area contributed by atoms with E-state index < -0.39 is 14.9 Å². The van der Waals surface area contributed by atoms with Crippen LogP contribution < -0.4 is 10.5 Å². The zero-order chi connectivity index (χ0) is 14.6. The number of nitrogens with one attached hydrogen (secondary N) is 1. The lowest BCUT2D eigenvalue weighted by Gasteiger charge is -2.13. The van der Waals surface area contributed by atoms with Gasteiger partial charge in [-0.15, -0.1) is 0 Å². The highest BCUT2D eigenvalue weighted by Gasteiger charge is 2.20. The summed E-state index contributed by atoms with van der Waals surface area (Å²) in [5.41, 5.74) is 5.00. The van der Waals surface area contributed by atoms with Crippen LogP contribution in [0.15, 0.2) is 23.1 Å². The van der Waals surface area contributed by atoms with Gasteiger partial charge in [-0.05, 0) is 25.5 Å². The van der Waals surface area contributed by atoms with E-state index in [1.165, 1.54) is 6.07 Å². The molecule has 1 atom stereocenters. The summed E-state index contributed by atoms with van der Waals surface area (Å²) in [6.07, 6.45) is 1.56. The van der Waals surface area contributed by atoms with Crippen LogP contribution in [0.2, 0.25) is 0 Å². The lowest BCUT2D eigenvalue weighted by atomic mass is 10.2. The second kappa shape index (κ2) is 5.98. The van der Waals surface area contributed by atoms with E-state index >= 15 is 0 Å². The van der Waals surface area contributed by atoms with Crippen molar-refractivity contribution < 1.29 is 13.3 Å². The molecule has 0 heterocycles. The first-order valence-electron chi connectivity index (χ1n) is 5.84. The van der Waals surface area contributed by atoms with Crippen LogP contribution in [0, 0.1) is 10.1 Å². The highest BCUT2D eigenvalue weighted by Crippen LogP contribution is 2.24. The summed E-state index contributed by atoms with van der Waals surface area (Å²) in [6.45, 7) is 3.71. The Morgan fingerprint density at radius 2 is 2.11 bits per heavy atom. The van der Waals surface area contributed by atoms with Crippen molar-refractivity contribution in [1.82, 2.24) is 4.72 Å². The largest absolute Gasteiger partial charge is 0.393 e. The van der Waals surface area contributed by atoms with E-state index in [4.69, 9.17) is 5.73 Å². The Balaban J connectivity index is 3.03. The summed E-state index contributed by atoms with van der Waals surface area (Å²) in [7, 11) is -3.70. The molecule has 7 nitrogen and oxygen atoms in total. The molecular formula is C11H17N3O4S. The van der Waals surface area contributed by atoms with Gasteiger partial charge in [0.2, 0.25) is 10.0 Å². The van der Waals surface area contributed by atoms with Gasteiger partial charge in [-0.1, -0.05) is 13.3 Å². The molecule has 3 N–H and O–H groups in total. The molecule has 0 amide bonds.